The summed E-state index contributed by atoms with van der Waals surface area (Å²) in [7, 11) is 3.10. The smallest absolute Gasteiger partial charge is 0.330 e. The average molecular weight is 415 g/mol. The van der Waals surface area contributed by atoms with Gasteiger partial charge in [0, 0.05) is 13.2 Å². The van der Waals surface area contributed by atoms with Crippen LogP contribution in [0, 0.1) is 0 Å². The van der Waals surface area contributed by atoms with Crippen LogP contribution in [-0.2, 0) is 14.3 Å². The summed E-state index contributed by atoms with van der Waals surface area (Å²) in [5, 5.41) is 0. The molecule has 0 spiro atoms. The van der Waals surface area contributed by atoms with E-state index in [9.17, 15) is 4.79 Å². The molecule has 0 rings (SSSR count). The number of hydrogen-bond donors (Lipinski definition) is 0. The molecule has 0 aromatic rings. The fourth-order valence-corrected chi connectivity index (χ4v) is 2.86. The van der Waals surface area contributed by atoms with E-state index >= 15 is 0 Å². The van der Waals surface area contributed by atoms with Gasteiger partial charge >= 0.3 is 5.97 Å². The molecular formula is C27H42O3. The van der Waals surface area contributed by atoms with Crippen LogP contribution in [0.3, 0.4) is 0 Å². The first-order valence-electron chi connectivity index (χ1n) is 10.8. The molecule has 0 atom stereocenters. The normalized spacial score (nSPS) is 13.7. The summed E-state index contributed by atoms with van der Waals surface area (Å²) in [6.07, 6.45) is 20.9. The maximum absolute atomic E-state index is 11.2. The van der Waals surface area contributed by atoms with E-state index in [1.165, 1.54) is 35.5 Å². The number of rotatable bonds is 14. The van der Waals surface area contributed by atoms with E-state index in [1.54, 1.807) is 7.11 Å². The lowest BCUT2D eigenvalue weighted by Crippen LogP contribution is -1.95. The van der Waals surface area contributed by atoms with Crippen LogP contribution in [0.2, 0.25) is 0 Å². The van der Waals surface area contributed by atoms with E-state index in [-0.39, 0.29) is 5.97 Å². The van der Waals surface area contributed by atoms with Crippen molar-refractivity contribution in [2.75, 3.05) is 20.8 Å². The predicted octanol–water partition coefficient (Wildman–Crippen LogP) is 7.43. The van der Waals surface area contributed by atoms with Crippen LogP contribution in [-0.4, -0.2) is 26.8 Å². The summed E-state index contributed by atoms with van der Waals surface area (Å²) in [5.74, 6) is -0.336. The third-order valence-electron chi connectivity index (χ3n) is 4.65. The SMILES string of the molecule is COCC(=CC=CC(C)=CC(=O)OC)CCC=C(C)CCC=C(C)CCC=C(C)C. The predicted molar refractivity (Wildman–Crippen MR) is 130 cm³/mol. The number of hydrogen-bond acceptors (Lipinski definition) is 3. The van der Waals surface area contributed by atoms with E-state index in [0.717, 1.165) is 44.1 Å². The van der Waals surface area contributed by atoms with E-state index in [2.05, 4.69) is 56.7 Å². The number of allylic oxidation sites excluding steroid dienone is 10. The maximum Gasteiger partial charge on any atom is 0.330 e. The van der Waals surface area contributed by atoms with Crippen molar-refractivity contribution in [1.82, 2.24) is 0 Å². The molecule has 0 bridgehead atoms. The van der Waals surface area contributed by atoms with E-state index in [4.69, 9.17) is 4.74 Å². The largest absolute Gasteiger partial charge is 0.466 e. The standard InChI is InChI=1S/C27H42O3/c1-22(2)12-8-13-23(3)14-9-15-24(4)16-10-18-26(21-29-6)19-11-17-25(5)20-27(28)30-7/h11-12,14,16-17,19-20H,8-10,13,15,18,21H2,1-7H3. The number of esters is 1. The van der Waals surface area contributed by atoms with Crippen LogP contribution in [0.1, 0.15) is 73.1 Å². The first kappa shape index (κ1) is 27.9. The third-order valence-corrected chi connectivity index (χ3v) is 4.65. The molecule has 0 N–H and O–H groups in total. The first-order chi connectivity index (χ1) is 14.3. The zero-order valence-corrected chi connectivity index (χ0v) is 20.2. The van der Waals surface area contributed by atoms with Crippen LogP contribution in [0.5, 0.6) is 0 Å². The minimum atomic E-state index is -0.336. The Morgan fingerprint density at radius 2 is 1.37 bits per heavy atom. The first-order valence-corrected chi connectivity index (χ1v) is 10.8. The second-order valence-electron chi connectivity index (χ2n) is 8.03. The monoisotopic (exact) mass is 414 g/mol. The van der Waals surface area contributed by atoms with Gasteiger partial charge in [-0.25, -0.2) is 4.79 Å². The highest BCUT2D eigenvalue weighted by molar-refractivity contribution is 5.83. The van der Waals surface area contributed by atoms with Gasteiger partial charge in [0.15, 0.2) is 0 Å². The van der Waals surface area contributed by atoms with Gasteiger partial charge in [-0.3, -0.25) is 0 Å². The molecule has 0 amide bonds. The molecule has 0 unspecified atom stereocenters. The lowest BCUT2D eigenvalue weighted by molar-refractivity contribution is -0.134. The number of methoxy groups -OCH3 is 2. The summed E-state index contributed by atoms with van der Waals surface area (Å²) in [4.78, 5) is 11.2. The average Bonchev–Trinajstić information content (AvgIpc) is 2.67. The van der Waals surface area contributed by atoms with Gasteiger partial charge in [-0.15, -0.1) is 0 Å². The molecule has 0 saturated carbocycles. The summed E-state index contributed by atoms with van der Waals surface area (Å²) in [5.41, 5.74) is 6.40. The molecule has 168 valence electrons. The Labute approximate surface area is 184 Å². The molecule has 0 aromatic heterocycles. The summed E-state index contributed by atoms with van der Waals surface area (Å²) in [6.45, 7) is 11.2. The van der Waals surface area contributed by atoms with Crippen molar-refractivity contribution in [3.63, 3.8) is 0 Å². The second kappa shape index (κ2) is 17.7. The zero-order valence-electron chi connectivity index (χ0n) is 20.2. The number of carbonyl (C=O) groups excluding carboxylic acids is 1. The van der Waals surface area contributed by atoms with Crippen molar-refractivity contribution < 1.29 is 14.3 Å². The molecule has 0 aliphatic rings. The van der Waals surface area contributed by atoms with E-state index in [1.807, 2.05) is 19.1 Å². The molecule has 3 nitrogen and oxygen atoms in total. The van der Waals surface area contributed by atoms with E-state index < -0.39 is 0 Å². The number of ether oxygens (including phenoxy) is 2. The van der Waals surface area contributed by atoms with Crippen LogP contribution in [0.25, 0.3) is 0 Å². The van der Waals surface area contributed by atoms with Gasteiger partial charge in [-0.2, -0.15) is 0 Å². The molecule has 0 saturated heterocycles. The van der Waals surface area contributed by atoms with E-state index in [0.29, 0.717) is 6.61 Å². The lowest BCUT2D eigenvalue weighted by Gasteiger charge is -2.05. The van der Waals surface area contributed by atoms with Gasteiger partial charge in [0.2, 0.25) is 0 Å². The van der Waals surface area contributed by atoms with Crippen molar-refractivity contribution in [3.05, 3.63) is 70.4 Å². The van der Waals surface area contributed by atoms with Crippen molar-refractivity contribution in [2.45, 2.75) is 73.1 Å². The van der Waals surface area contributed by atoms with Gasteiger partial charge in [-0.05, 0) is 84.3 Å². The zero-order chi connectivity index (χ0) is 22.8. The Morgan fingerprint density at radius 3 is 1.90 bits per heavy atom. The van der Waals surface area contributed by atoms with Gasteiger partial charge in [0.1, 0.15) is 0 Å². The molecule has 0 radical (unpaired) electrons. The Balaban J connectivity index is 4.52. The quantitative estimate of drug-likeness (QED) is 0.128. The minimum absolute atomic E-state index is 0.336. The molecule has 0 fully saturated rings. The molecule has 0 aliphatic carbocycles. The lowest BCUT2D eigenvalue weighted by atomic mass is 10.0. The fraction of sp³-hybridized carbons (Fsp3) is 0.519. The molecule has 30 heavy (non-hydrogen) atoms. The molecule has 3 heteroatoms. The highest BCUT2D eigenvalue weighted by Crippen LogP contribution is 2.14. The van der Waals surface area contributed by atoms with Crippen molar-refractivity contribution in [1.29, 1.82) is 0 Å². The van der Waals surface area contributed by atoms with Crippen molar-refractivity contribution in [2.24, 2.45) is 0 Å². The molecule has 0 aromatic carbocycles. The highest BCUT2D eigenvalue weighted by atomic mass is 16.5. The summed E-state index contributed by atoms with van der Waals surface area (Å²) >= 11 is 0. The summed E-state index contributed by atoms with van der Waals surface area (Å²) < 4.78 is 9.95. The third kappa shape index (κ3) is 16.8. The van der Waals surface area contributed by atoms with Crippen LogP contribution in [0.4, 0.5) is 0 Å². The Morgan fingerprint density at radius 1 is 0.800 bits per heavy atom. The van der Waals surface area contributed by atoms with Gasteiger partial charge in [-0.1, -0.05) is 53.2 Å². The highest BCUT2D eigenvalue weighted by Gasteiger charge is 1.97. The van der Waals surface area contributed by atoms with Gasteiger partial charge in [0.05, 0.1) is 13.7 Å². The van der Waals surface area contributed by atoms with Gasteiger partial charge in [0.25, 0.3) is 0 Å². The van der Waals surface area contributed by atoms with Crippen molar-refractivity contribution >= 4 is 5.97 Å². The number of carbonyl (C=O) groups is 1. The molecule has 0 heterocycles. The molecule has 0 aliphatic heterocycles. The fourth-order valence-electron chi connectivity index (χ4n) is 2.86. The van der Waals surface area contributed by atoms with Gasteiger partial charge < -0.3 is 9.47 Å². The Bertz CT molecular complexity index is 681. The maximum atomic E-state index is 11.2. The van der Waals surface area contributed by atoms with Crippen LogP contribution in [0.15, 0.2) is 70.4 Å². The van der Waals surface area contributed by atoms with Crippen LogP contribution < -0.4 is 0 Å². The topological polar surface area (TPSA) is 35.5 Å². The summed E-state index contributed by atoms with van der Waals surface area (Å²) in [6, 6.07) is 0. The van der Waals surface area contributed by atoms with Crippen LogP contribution >= 0.6 is 0 Å². The Kier molecular flexibility index (Phi) is 16.4. The van der Waals surface area contributed by atoms with Crippen molar-refractivity contribution in [3.8, 4) is 0 Å². The minimum Gasteiger partial charge on any atom is -0.466 e. The second-order valence-corrected chi connectivity index (χ2v) is 8.03. The Hall–Kier alpha value is -2.13. The molecular weight excluding hydrogens is 372 g/mol.